The van der Waals surface area contributed by atoms with Crippen LogP contribution in [0, 0.1) is 5.82 Å². The molecule has 3 heterocycles. The number of nitrogens with one attached hydrogen (secondary N) is 2. The third kappa shape index (κ3) is 4.93. The highest BCUT2D eigenvalue weighted by atomic mass is 35.5. The average Bonchev–Trinajstić information content (AvgIpc) is 3.42. The van der Waals surface area contributed by atoms with Crippen LogP contribution in [0.3, 0.4) is 0 Å². The Morgan fingerprint density at radius 2 is 1.86 bits per heavy atom. The molecule has 0 aliphatic heterocycles. The van der Waals surface area contributed by atoms with Gasteiger partial charge in [0.1, 0.15) is 17.7 Å². The number of hydrogen-bond donors (Lipinski definition) is 3. The number of carboxylic acid groups (broad SMARTS) is 1. The molecule has 8 nitrogen and oxygen atoms in total. The number of aromatic amines is 1. The minimum absolute atomic E-state index is 0.243. The van der Waals surface area contributed by atoms with Crippen LogP contribution in [0.15, 0.2) is 61.2 Å². The predicted molar refractivity (Wildman–Crippen MR) is 126 cm³/mol. The number of para-hydroxylation sites is 1. The number of nitrogens with zero attached hydrogens (tertiary/aromatic N) is 4. The van der Waals surface area contributed by atoms with Crippen LogP contribution < -0.4 is 5.32 Å². The molecule has 0 aliphatic rings. The molecule has 0 fully saturated rings. The summed E-state index contributed by atoms with van der Waals surface area (Å²) in [6.45, 7) is 1.98. The fourth-order valence-corrected chi connectivity index (χ4v) is 4.05. The summed E-state index contributed by atoms with van der Waals surface area (Å²) in [5, 5.41) is 12.0. The summed E-state index contributed by atoms with van der Waals surface area (Å²) in [4.78, 5) is 24.7. The Hall–Kier alpha value is -4.19. The van der Waals surface area contributed by atoms with Gasteiger partial charge in [-0.1, -0.05) is 35.9 Å². The fourth-order valence-electron chi connectivity index (χ4n) is 3.64. The van der Waals surface area contributed by atoms with Crippen LogP contribution >= 0.6 is 11.6 Å². The summed E-state index contributed by atoms with van der Waals surface area (Å²) in [6.07, 6.45) is -2.04. The molecule has 186 valence electrons. The first-order valence-corrected chi connectivity index (χ1v) is 10.7. The van der Waals surface area contributed by atoms with Crippen LogP contribution in [0.25, 0.3) is 27.8 Å². The number of rotatable bonds is 4. The summed E-state index contributed by atoms with van der Waals surface area (Å²) in [5.41, 5.74) is 3.69. The summed E-state index contributed by atoms with van der Waals surface area (Å²) >= 11 is 6.80. The summed E-state index contributed by atoms with van der Waals surface area (Å²) < 4.78 is 47.7. The third-order valence-corrected chi connectivity index (χ3v) is 5.53. The summed E-state index contributed by atoms with van der Waals surface area (Å²) in [7, 11) is 0. The zero-order valence-electron chi connectivity index (χ0n) is 18.4. The Morgan fingerprint density at radius 1 is 1.14 bits per heavy atom. The topological polar surface area (TPSA) is 109 Å². The number of carbonyl (C=O) groups is 1. The molecule has 2 aromatic carbocycles. The van der Waals surface area contributed by atoms with Crippen molar-refractivity contribution in [2.45, 2.75) is 19.1 Å². The average molecular weight is 521 g/mol. The second-order valence-electron chi connectivity index (χ2n) is 7.52. The van der Waals surface area contributed by atoms with Crippen LogP contribution in [0.2, 0.25) is 5.02 Å². The number of halogens is 5. The lowest BCUT2D eigenvalue weighted by molar-refractivity contribution is -0.192. The molecule has 5 aromatic rings. The molecule has 0 radical (unpaired) electrons. The van der Waals surface area contributed by atoms with Gasteiger partial charge in [0, 0.05) is 11.1 Å². The maximum absolute atomic E-state index is 14.0. The second kappa shape index (κ2) is 9.82. The largest absolute Gasteiger partial charge is 0.490 e. The number of anilines is 1. The van der Waals surface area contributed by atoms with E-state index in [2.05, 4.69) is 25.3 Å². The smallest absolute Gasteiger partial charge is 0.475 e. The number of H-pyrrole nitrogens is 1. The monoisotopic (exact) mass is 520 g/mol. The van der Waals surface area contributed by atoms with Crippen molar-refractivity contribution in [3.05, 3.63) is 77.7 Å². The molecular weight excluding hydrogens is 504 g/mol. The lowest BCUT2D eigenvalue weighted by Gasteiger charge is -2.19. The highest BCUT2D eigenvalue weighted by Gasteiger charge is 2.38. The summed E-state index contributed by atoms with van der Waals surface area (Å²) in [5.74, 6) is -2.47. The van der Waals surface area contributed by atoms with Gasteiger partial charge in [-0.15, -0.1) is 0 Å². The highest BCUT2D eigenvalue weighted by molar-refractivity contribution is 6.36. The van der Waals surface area contributed by atoms with Gasteiger partial charge in [-0.05, 0) is 31.2 Å². The van der Waals surface area contributed by atoms with Crippen molar-refractivity contribution in [2.75, 3.05) is 5.32 Å². The standard InChI is InChI=1S/C21H16ClFN6.C2HF3O2/c1-12(28-21-18-20(25-10-24-18)26-11-27-21)19-17(22)15-7-2-3-8-16(15)29(19)14-6-4-5-13(23)9-14;3-2(4,5)1(6)7/h2-12H,1H3,(H2,24,25,26,27,28);(H,6,7). The maximum atomic E-state index is 14.0. The summed E-state index contributed by atoms with van der Waals surface area (Å²) in [6, 6.07) is 14.0. The Balaban J connectivity index is 0.000000384. The van der Waals surface area contributed by atoms with Crippen molar-refractivity contribution in [2.24, 2.45) is 0 Å². The van der Waals surface area contributed by atoms with E-state index < -0.39 is 12.1 Å². The van der Waals surface area contributed by atoms with Gasteiger partial charge in [-0.3, -0.25) is 0 Å². The molecule has 0 spiro atoms. The van der Waals surface area contributed by atoms with Gasteiger partial charge in [-0.2, -0.15) is 13.2 Å². The number of benzene rings is 2. The van der Waals surface area contributed by atoms with Gasteiger partial charge in [0.05, 0.1) is 28.6 Å². The first-order valence-electron chi connectivity index (χ1n) is 10.3. The number of alkyl halides is 3. The van der Waals surface area contributed by atoms with Crippen molar-refractivity contribution in [3.8, 4) is 5.69 Å². The molecule has 0 amide bonds. The molecule has 5 rings (SSSR count). The highest BCUT2D eigenvalue weighted by Crippen LogP contribution is 2.38. The minimum Gasteiger partial charge on any atom is -0.475 e. The second-order valence-corrected chi connectivity index (χ2v) is 7.90. The third-order valence-electron chi connectivity index (χ3n) is 5.14. The van der Waals surface area contributed by atoms with Crippen molar-refractivity contribution in [3.63, 3.8) is 0 Å². The van der Waals surface area contributed by atoms with E-state index in [1.165, 1.54) is 18.5 Å². The number of aliphatic carboxylic acids is 1. The van der Waals surface area contributed by atoms with E-state index in [4.69, 9.17) is 21.5 Å². The molecule has 36 heavy (non-hydrogen) atoms. The zero-order valence-corrected chi connectivity index (χ0v) is 19.1. The van der Waals surface area contributed by atoms with Gasteiger partial charge in [0.2, 0.25) is 0 Å². The minimum atomic E-state index is -5.08. The first kappa shape index (κ1) is 24.9. The van der Waals surface area contributed by atoms with Crippen molar-refractivity contribution < 1.29 is 27.5 Å². The van der Waals surface area contributed by atoms with Gasteiger partial charge in [0.25, 0.3) is 0 Å². The molecule has 0 aliphatic carbocycles. The number of aromatic nitrogens is 5. The van der Waals surface area contributed by atoms with Crippen LogP contribution in [0.4, 0.5) is 23.4 Å². The van der Waals surface area contributed by atoms with Crippen molar-refractivity contribution in [1.29, 1.82) is 0 Å². The Morgan fingerprint density at radius 3 is 2.56 bits per heavy atom. The van der Waals surface area contributed by atoms with Gasteiger partial charge >= 0.3 is 12.1 Å². The van der Waals surface area contributed by atoms with E-state index >= 15 is 0 Å². The molecule has 13 heteroatoms. The van der Waals surface area contributed by atoms with Gasteiger partial charge in [0.15, 0.2) is 11.5 Å². The zero-order chi connectivity index (χ0) is 26.0. The first-order chi connectivity index (χ1) is 17.1. The molecule has 0 bridgehead atoms. The van der Waals surface area contributed by atoms with Crippen LogP contribution in [0.5, 0.6) is 0 Å². The van der Waals surface area contributed by atoms with Gasteiger partial charge in [-0.25, -0.2) is 24.1 Å². The van der Waals surface area contributed by atoms with Crippen LogP contribution in [-0.2, 0) is 4.79 Å². The number of fused-ring (bicyclic) bond motifs is 2. The van der Waals surface area contributed by atoms with Crippen LogP contribution in [-0.4, -0.2) is 41.8 Å². The number of hydrogen-bond acceptors (Lipinski definition) is 5. The molecular formula is C23H17ClF4N6O2. The van der Waals surface area contributed by atoms with Gasteiger partial charge < -0.3 is 20.0 Å². The van der Waals surface area contributed by atoms with Crippen LogP contribution in [0.1, 0.15) is 18.7 Å². The molecule has 3 aromatic heterocycles. The lowest BCUT2D eigenvalue weighted by Crippen LogP contribution is -2.21. The Labute approximate surface area is 205 Å². The predicted octanol–water partition coefficient (Wildman–Crippen LogP) is 5.90. The molecule has 3 N–H and O–H groups in total. The van der Waals surface area contributed by atoms with Crippen molar-refractivity contribution in [1.82, 2.24) is 24.5 Å². The number of carboxylic acids is 1. The maximum Gasteiger partial charge on any atom is 0.490 e. The fraction of sp³-hybridized carbons (Fsp3) is 0.130. The Bertz CT molecular complexity index is 1550. The van der Waals surface area contributed by atoms with E-state index in [1.54, 1.807) is 12.4 Å². The van der Waals surface area contributed by atoms with Crippen molar-refractivity contribution >= 4 is 45.5 Å². The van der Waals surface area contributed by atoms with E-state index in [1.807, 2.05) is 41.8 Å². The van der Waals surface area contributed by atoms with E-state index in [0.717, 1.165) is 16.6 Å². The molecule has 0 saturated carbocycles. The van der Waals surface area contributed by atoms with E-state index in [-0.39, 0.29) is 11.9 Å². The van der Waals surface area contributed by atoms with E-state index in [9.17, 15) is 17.6 Å². The molecule has 1 atom stereocenters. The molecule has 1 unspecified atom stereocenters. The molecule has 0 saturated heterocycles. The SMILES string of the molecule is CC(Nc1ncnc2[nH]cnc12)c1c(Cl)c2ccccc2n1-c1cccc(F)c1.O=C(O)C(F)(F)F. The van der Waals surface area contributed by atoms with E-state index in [0.29, 0.717) is 27.7 Å². The lowest BCUT2D eigenvalue weighted by atomic mass is 10.2. The Kier molecular flexibility index (Phi) is 6.80. The quantitative estimate of drug-likeness (QED) is 0.255. The number of imidazole rings is 1. The normalized spacial score (nSPS) is 12.3.